The lowest BCUT2D eigenvalue weighted by Crippen LogP contribution is -2.41. The molecule has 1 fully saturated rings. The first-order valence-corrected chi connectivity index (χ1v) is 7.03. The third-order valence-electron chi connectivity index (χ3n) is 3.45. The van der Waals surface area contributed by atoms with Crippen molar-refractivity contribution in [1.29, 1.82) is 0 Å². The first kappa shape index (κ1) is 12.6. The molecule has 3 nitrogen and oxygen atoms in total. The second-order valence-corrected chi connectivity index (χ2v) is 5.84. The lowest BCUT2D eigenvalue weighted by atomic mass is 10.2. The van der Waals surface area contributed by atoms with Gasteiger partial charge in [-0.2, -0.15) is 0 Å². The Labute approximate surface area is 107 Å². The van der Waals surface area contributed by atoms with Crippen LogP contribution in [0, 0.1) is 13.8 Å². The molecule has 0 aromatic carbocycles. The van der Waals surface area contributed by atoms with Crippen LogP contribution in [-0.2, 0) is 0 Å². The van der Waals surface area contributed by atoms with Crippen molar-refractivity contribution in [2.75, 3.05) is 19.6 Å². The van der Waals surface area contributed by atoms with E-state index in [1.54, 1.807) is 11.3 Å². The van der Waals surface area contributed by atoms with Crippen molar-refractivity contribution in [3.8, 4) is 0 Å². The lowest BCUT2D eigenvalue weighted by molar-refractivity contribution is 0.0708. The van der Waals surface area contributed by atoms with E-state index in [-0.39, 0.29) is 5.91 Å². The third-order valence-corrected chi connectivity index (χ3v) is 4.59. The van der Waals surface area contributed by atoms with Crippen molar-refractivity contribution in [1.82, 2.24) is 10.2 Å². The highest BCUT2D eigenvalue weighted by Crippen LogP contribution is 2.23. The Morgan fingerprint density at radius 1 is 1.59 bits per heavy atom. The summed E-state index contributed by atoms with van der Waals surface area (Å²) < 4.78 is 0. The highest BCUT2D eigenvalue weighted by Gasteiger charge is 2.26. The maximum Gasteiger partial charge on any atom is 0.264 e. The van der Waals surface area contributed by atoms with Crippen LogP contribution in [0.15, 0.2) is 6.07 Å². The minimum absolute atomic E-state index is 0.197. The van der Waals surface area contributed by atoms with E-state index in [2.05, 4.69) is 26.1 Å². The van der Waals surface area contributed by atoms with Gasteiger partial charge < -0.3 is 10.2 Å². The maximum atomic E-state index is 12.4. The fourth-order valence-corrected chi connectivity index (χ4v) is 3.28. The molecule has 0 aliphatic carbocycles. The summed E-state index contributed by atoms with van der Waals surface area (Å²) in [6.07, 6.45) is 1.07. The molecule has 1 amide bonds. The van der Waals surface area contributed by atoms with Crippen LogP contribution in [0.3, 0.4) is 0 Å². The Balaban J connectivity index is 2.16. The van der Waals surface area contributed by atoms with Gasteiger partial charge in [-0.15, -0.1) is 11.3 Å². The van der Waals surface area contributed by atoms with Gasteiger partial charge in [0.05, 0.1) is 4.88 Å². The largest absolute Gasteiger partial charge is 0.334 e. The molecule has 2 heterocycles. The molecule has 1 N–H and O–H groups in total. The SMILES string of the molecule is CCN(C(=O)c1cc(C)c(C)s1)C1CCNC1. The van der Waals surface area contributed by atoms with E-state index in [4.69, 9.17) is 0 Å². The average Bonchev–Trinajstić information content (AvgIpc) is 2.91. The summed E-state index contributed by atoms with van der Waals surface area (Å²) in [5.74, 6) is 0.197. The van der Waals surface area contributed by atoms with Crippen molar-refractivity contribution in [2.45, 2.75) is 33.2 Å². The normalized spacial score (nSPS) is 19.6. The number of carbonyl (C=O) groups is 1. The molecule has 2 rings (SSSR count). The first-order valence-electron chi connectivity index (χ1n) is 6.22. The highest BCUT2D eigenvalue weighted by molar-refractivity contribution is 7.14. The minimum Gasteiger partial charge on any atom is -0.334 e. The monoisotopic (exact) mass is 252 g/mol. The van der Waals surface area contributed by atoms with Gasteiger partial charge >= 0.3 is 0 Å². The molecule has 1 aromatic rings. The van der Waals surface area contributed by atoms with E-state index < -0.39 is 0 Å². The minimum atomic E-state index is 0.197. The van der Waals surface area contributed by atoms with Crippen LogP contribution in [-0.4, -0.2) is 36.5 Å². The van der Waals surface area contributed by atoms with Gasteiger partial charge in [0.15, 0.2) is 0 Å². The second-order valence-electron chi connectivity index (χ2n) is 4.59. The molecule has 0 saturated carbocycles. The van der Waals surface area contributed by atoms with E-state index in [0.717, 1.165) is 30.9 Å². The van der Waals surface area contributed by atoms with Crippen molar-refractivity contribution < 1.29 is 4.79 Å². The van der Waals surface area contributed by atoms with Crippen LogP contribution in [0.5, 0.6) is 0 Å². The summed E-state index contributed by atoms with van der Waals surface area (Å²) >= 11 is 1.61. The molecule has 0 spiro atoms. The average molecular weight is 252 g/mol. The molecule has 17 heavy (non-hydrogen) atoms. The van der Waals surface area contributed by atoms with Crippen LogP contribution in [0.25, 0.3) is 0 Å². The Hall–Kier alpha value is -0.870. The van der Waals surface area contributed by atoms with Crippen LogP contribution in [0.1, 0.15) is 33.5 Å². The van der Waals surface area contributed by atoms with Gasteiger partial charge in [-0.25, -0.2) is 0 Å². The van der Waals surface area contributed by atoms with Crippen molar-refractivity contribution in [2.24, 2.45) is 0 Å². The van der Waals surface area contributed by atoms with E-state index in [1.807, 2.05) is 11.0 Å². The molecule has 94 valence electrons. The van der Waals surface area contributed by atoms with Crippen LogP contribution in [0.4, 0.5) is 0 Å². The van der Waals surface area contributed by atoms with Gasteiger partial charge in [-0.05, 0) is 45.4 Å². The number of thiophene rings is 1. The number of rotatable bonds is 3. The zero-order chi connectivity index (χ0) is 12.4. The molecule has 1 saturated heterocycles. The van der Waals surface area contributed by atoms with Crippen molar-refractivity contribution >= 4 is 17.2 Å². The zero-order valence-corrected chi connectivity index (χ0v) is 11.6. The standard InChI is InChI=1S/C13H20N2OS/c1-4-15(11-5-6-14-8-11)13(16)12-7-9(2)10(3)17-12/h7,11,14H,4-6,8H2,1-3H3. The number of hydrogen-bond donors (Lipinski definition) is 1. The number of amides is 1. The summed E-state index contributed by atoms with van der Waals surface area (Å²) in [5, 5.41) is 3.32. The van der Waals surface area contributed by atoms with Gasteiger partial charge in [0.2, 0.25) is 0 Å². The Bertz CT molecular complexity index is 388. The molecule has 0 bridgehead atoms. The molecule has 4 heteroatoms. The summed E-state index contributed by atoms with van der Waals surface area (Å²) in [6, 6.07) is 2.39. The number of likely N-dealkylation sites (N-methyl/N-ethyl adjacent to an activating group) is 1. The van der Waals surface area contributed by atoms with Crippen molar-refractivity contribution in [3.63, 3.8) is 0 Å². The van der Waals surface area contributed by atoms with E-state index in [0.29, 0.717) is 6.04 Å². The van der Waals surface area contributed by atoms with Gasteiger partial charge in [0, 0.05) is 24.0 Å². The Kier molecular flexibility index (Phi) is 3.84. The molecule has 1 atom stereocenters. The van der Waals surface area contributed by atoms with Gasteiger partial charge in [0.1, 0.15) is 0 Å². The molecule has 1 aliphatic heterocycles. The number of carbonyl (C=O) groups excluding carboxylic acids is 1. The van der Waals surface area contributed by atoms with Crippen LogP contribution >= 0.6 is 11.3 Å². The fourth-order valence-electron chi connectivity index (χ4n) is 2.29. The molecule has 1 unspecified atom stereocenters. The molecule has 1 aliphatic rings. The summed E-state index contributed by atoms with van der Waals surface area (Å²) in [6.45, 7) is 8.95. The van der Waals surface area contributed by atoms with Crippen LogP contribution < -0.4 is 5.32 Å². The number of hydrogen-bond acceptors (Lipinski definition) is 3. The molecule has 0 radical (unpaired) electrons. The number of aryl methyl sites for hydroxylation is 2. The number of nitrogens with one attached hydrogen (secondary N) is 1. The molecule has 1 aromatic heterocycles. The topological polar surface area (TPSA) is 32.3 Å². The fraction of sp³-hybridized carbons (Fsp3) is 0.615. The molecular weight excluding hydrogens is 232 g/mol. The second kappa shape index (κ2) is 5.19. The predicted octanol–water partition coefficient (Wildman–Crippen LogP) is 2.19. The van der Waals surface area contributed by atoms with E-state index >= 15 is 0 Å². The number of nitrogens with zero attached hydrogens (tertiary/aromatic N) is 1. The summed E-state index contributed by atoms with van der Waals surface area (Å²) in [7, 11) is 0. The zero-order valence-electron chi connectivity index (χ0n) is 10.7. The first-order chi connectivity index (χ1) is 8.13. The van der Waals surface area contributed by atoms with Crippen molar-refractivity contribution in [3.05, 3.63) is 21.4 Å². The smallest absolute Gasteiger partial charge is 0.264 e. The lowest BCUT2D eigenvalue weighted by Gasteiger charge is -2.26. The Morgan fingerprint density at radius 2 is 2.35 bits per heavy atom. The quantitative estimate of drug-likeness (QED) is 0.894. The predicted molar refractivity (Wildman–Crippen MR) is 71.8 cm³/mol. The highest BCUT2D eigenvalue weighted by atomic mass is 32.1. The Morgan fingerprint density at radius 3 is 2.82 bits per heavy atom. The summed E-state index contributed by atoms with van der Waals surface area (Å²) in [5.41, 5.74) is 1.22. The van der Waals surface area contributed by atoms with Gasteiger partial charge in [-0.1, -0.05) is 0 Å². The van der Waals surface area contributed by atoms with Gasteiger partial charge in [-0.3, -0.25) is 4.79 Å². The molecular formula is C13H20N2OS. The van der Waals surface area contributed by atoms with E-state index in [9.17, 15) is 4.79 Å². The third kappa shape index (κ3) is 2.53. The maximum absolute atomic E-state index is 12.4. The summed E-state index contributed by atoms with van der Waals surface area (Å²) in [4.78, 5) is 16.6. The van der Waals surface area contributed by atoms with E-state index in [1.165, 1.54) is 10.4 Å². The van der Waals surface area contributed by atoms with Gasteiger partial charge in [0.25, 0.3) is 5.91 Å². The van der Waals surface area contributed by atoms with Crippen LogP contribution in [0.2, 0.25) is 0 Å².